The first-order chi connectivity index (χ1) is 34.1. The number of nitrogens with one attached hydrogen (secondary N) is 9. The van der Waals surface area contributed by atoms with Gasteiger partial charge >= 0.3 is 5.97 Å². The summed E-state index contributed by atoms with van der Waals surface area (Å²) < 4.78 is 0. The number of carboxylic acid groups (broad SMARTS) is 1. The van der Waals surface area contributed by atoms with Gasteiger partial charge in [0.25, 0.3) is 0 Å². The van der Waals surface area contributed by atoms with Crippen LogP contribution in [0.3, 0.4) is 0 Å². The van der Waals surface area contributed by atoms with Gasteiger partial charge in [0, 0.05) is 23.5 Å². The van der Waals surface area contributed by atoms with Crippen LogP contribution >= 0.6 is 0 Å². The summed E-state index contributed by atoms with van der Waals surface area (Å²) in [5, 5.41) is 31.3. The number of aliphatic carboxylic acids is 1. The van der Waals surface area contributed by atoms with E-state index in [1.807, 2.05) is 31.2 Å². The lowest BCUT2D eigenvalue weighted by Gasteiger charge is -2.29. The number of benzene rings is 2. The molecule has 14 N–H and O–H groups in total. The van der Waals surface area contributed by atoms with Crippen molar-refractivity contribution in [3.63, 3.8) is 0 Å². The summed E-state index contributed by atoms with van der Waals surface area (Å²) in [4.78, 5) is 123. The first kappa shape index (κ1) is 59.4. The summed E-state index contributed by atoms with van der Waals surface area (Å²) in [6.07, 6.45) is 3.74. The summed E-state index contributed by atoms with van der Waals surface area (Å²) in [5.41, 5.74) is 14.4. The summed E-state index contributed by atoms with van der Waals surface area (Å²) in [7, 11) is 0. The van der Waals surface area contributed by atoms with Gasteiger partial charge in [0.15, 0.2) is 0 Å². The van der Waals surface area contributed by atoms with Crippen LogP contribution in [0.15, 0.2) is 60.8 Å². The van der Waals surface area contributed by atoms with Crippen molar-refractivity contribution in [2.75, 3.05) is 13.1 Å². The Morgan fingerprint density at radius 1 is 0.611 bits per heavy atom. The van der Waals surface area contributed by atoms with Crippen LogP contribution in [0.5, 0.6) is 0 Å². The molecular weight excluding hydrogens is 927 g/mol. The van der Waals surface area contributed by atoms with Crippen LogP contribution in [-0.4, -0.2) is 125 Å². The van der Waals surface area contributed by atoms with Gasteiger partial charge < -0.3 is 64.1 Å². The third kappa shape index (κ3) is 19.0. The number of fused-ring (bicyclic) bond motifs is 1. The van der Waals surface area contributed by atoms with E-state index in [0.29, 0.717) is 31.4 Å². The van der Waals surface area contributed by atoms with Crippen molar-refractivity contribution >= 4 is 64.1 Å². The minimum Gasteiger partial charge on any atom is -0.480 e. The van der Waals surface area contributed by atoms with Crippen LogP contribution in [0.25, 0.3) is 10.9 Å². The average molecular weight is 1000 g/mol. The number of rotatable bonds is 30. The molecule has 1 heterocycles. The van der Waals surface area contributed by atoms with E-state index < -0.39 is 120 Å². The van der Waals surface area contributed by atoms with Crippen LogP contribution in [0.2, 0.25) is 0 Å². The van der Waals surface area contributed by atoms with Crippen LogP contribution in [-0.2, 0) is 56.0 Å². The average Bonchev–Trinajstić information content (AvgIpc) is 3.74. The topological polar surface area (TPSA) is 338 Å². The molecule has 3 rings (SSSR count). The third-order valence-electron chi connectivity index (χ3n) is 12.3. The zero-order chi connectivity index (χ0) is 53.7. The number of hydrogen-bond acceptors (Lipinski definition) is 11. The third-order valence-corrected chi connectivity index (χ3v) is 12.3. The molecule has 21 heteroatoms. The van der Waals surface area contributed by atoms with Crippen molar-refractivity contribution < 1.29 is 48.3 Å². The Hall–Kier alpha value is -6.87. The number of aromatic nitrogens is 1. The molecule has 1 aromatic heterocycles. The SMILES string of the molecule is CC[C@H](C)[C@H](NC(=O)[C@H](Cc1ccccc1)NC(=O)[C@@H](NC(=O)[C@@H](N)Cc1c[nH]c2ccccc12)C(C)C)C(=O)N[C@@H](C)C(=O)N[C@@H](C)C(=O)N[C@@H](CCCCN)C(=O)NCC(=O)N[C@@H](CC(C)C)C(=O)O. The molecule has 0 aliphatic heterocycles. The fraction of sp³-hybridized carbons (Fsp3) is 0.549. The fourth-order valence-corrected chi connectivity index (χ4v) is 7.76. The molecule has 72 heavy (non-hydrogen) atoms. The maximum absolute atomic E-state index is 14.2. The van der Waals surface area contributed by atoms with E-state index >= 15 is 0 Å². The number of carbonyl (C=O) groups is 9. The summed E-state index contributed by atoms with van der Waals surface area (Å²) in [6.45, 7) is 13.2. The number of hydrogen-bond donors (Lipinski definition) is 12. The number of amides is 8. The number of aromatic amines is 1. The second-order valence-electron chi connectivity index (χ2n) is 19.1. The van der Waals surface area contributed by atoms with E-state index in [2.05, 4.69) is 47.5 Å². The second-order valence-corrected chi connectivity index (χ2v) is 19.1. The molecule has 3 aromatic rings. The Kier molecular flexibility index (Phi) is 24.3. The number of carboxylic acids is 1. The van der Waals surface area contributed by atoms with Gasteiger partial charge in [0.2, 0.25) is 47.3 Å². The number of para-hydroxylation sites is 1. The molecule has 0 bridgehead atoms. The molecule has 0 aliphatic rings. The van der Waals surface area contributed by atoms with Crippen LogP contribution in [0, 0.1) is 17.8 Å². The maximum Gasteiger partial charge on any atom is 0.326 e. The minimum absolute atomic E-state index is 0.0204. The van der Waals surface area contributed by atoms with E-state index in [0.717, 1.165) is 16.5 Å². The Bertz CT molecular complexity index is 2310. The van der Waals surface area contributed by atoms with Gasteiger partial charge in [-0.05, 0) is 87.4 Å². The number of carbonyl (C=O) groups excluding carboxylic acids is 8. The molecule has 0 saturated carbocycles. The van der Waals surface area contributed by atoms with Gasteiger partial charge in [-0.15, -0.1) is 0 Å². The van der Waals surface area contributed by atoms with Gasteiger partial charge in [-0.2, -0.15) is 0 Å². The highest BCUT2D eigenvalue weighted by Gasteiger charge is 2.35. The lowest BCUT2D eigenvalue weighted by Crippen LogP contribution is -2.61. The fourth-order valence-electron chi connectivity index (χ4n) is 7.76. The number of H-pyrrole nitrogens is 1. The van der Waals surface area contributed by atoms with Crippen molar-refractivity contribution in [1.29, 1.82) is 0 Å². The van der Waals surface area contributed by atoms with Gasteiger partial charge in [0.05, 0.1) is 12.6 Å². The highest BCUT2D eigenvalue weighted by molar-refractivity contribution is 5.98. The molecule has 0 spiro atoms. The normalized spacial score (nSPS) is 15.1. The molecule has 0 aliphatic carbocycles. The quantitative estimate of drug-likeness (QED) is 0.0413. The number of nitrogens with two attached hydrogens (primary N) is 2. The molecule has 21 nitrogen and oxygen atoms in total. The van der Waals surface area contributed by atoms with E-state index in [9.17, 15) is 48.3 Å². The van der Waals surface area contributed by atoms with Crippen molar-refractivity contribution in [3.05, 3.63) is 71.9 Å². The Morgan fingerprint density at radius 2 is 1.19 bits per heavy atom. The molecule has 9 atom stereocenters. The molecule has 2 aromatic carbocycles. The van der Waals surface area contributed by atoms with E-state index in [1.165, 1.54) is 13.8 Å². The van der Waals surface area contributed by atoms with Gasteiger partial charge in [-0.3, -0.25) is 38.4 Å². The molecule has 0 fully saturated rings. The predicted molar refractivity (Wildman–Crippen MR) is 272 cm³/mol. The summed E-state index contributed by atoms with van der Waals surface area (Å²) in [5.74, 6) is -7.66. The van der Waals surface area contributed by atoms with Crippen molar-refractivity contribution in [2.45, 2.75) is 149 Å². The van der Waals surface area contributed by atoms with Crippen molar-refractivity contribution in [2.24, 2.45) is 29.2 Å². The molecule has 0 radical (unpaired) electrons. The lowest BCUT2D eigenvalue weighted by atomic mass is 9.96. The summed E-state index contributed by atoms with van der Waals surface area (Å²) in [6, 6.07) is 7.36. The molecule has 8 amide bonds. The Morgan fingerprint density at radius 3 is 1.81 bits per heavy atom. The standard InChI is InChI=1S/C51H77N11O10/c1-9-30(6)43(50(70)57-31(7)44(64)56-32(8)45(65)59-38(21-15-16-22-52)47(67)55-27-41(63)58-40(51(71)72)23-28(2)3)62-48(68)39(24-33-17-11-10-12-18-33)60-49(69)42(29(4)5)61-46(66)36(53)25-34-26-54-37-20-14-13-19-35(34)37/h10-14,17-20,26,28-32,36,38-40,42-43,54H,9,15-16,21-25,27,52-53H2,1-8H3,(H,55,67)(H,56,64)(H,57,70)(H,58,63)(H,59,65)(H,60,69)(H,61,66)(H,62,68)(H,71,72)/t30-,31-,32-,36-,38-,39-,40-,42-,43-/m0/s1. The lowest BCUT2D eigenvalue weighted by molar-refractivity contribution is -0.142. The van der Waals surface area contributed by atoms with Crippen molar-refractivity contribution in [1.82, 2.24) is 47.5 Å². The Balaban J connectivity index is 1.68. The second kappa shape index (κ2) is 29.5. The Labute approximate surface area is 421 Å². The molecular formula is C51H77N11O10. The molecule has 0 saturated heterocycles. The summed E-state index contributed by atoms with van der Waals surface area (Å²) >= 11 is 0. The zero-order valence-corrected chi connectivity index (χ0v) is 42.8. The molecule has 396 valence electrons. The smallest absolute Gasteiger partial charge is 0.326 e. The first-order valence-corrected chi connectivity index (χ1v) is 24.7. The minimum atomic E-state index is -1.22. The highest BCUT2D eigenvalue weighted by Crippen LogP contribution is 2.19. The maximum atomic E-state index is 14.2. The van der Waals surface area contributed by atoms with Crippen LogP contribution in [0.1, 0.15) is 98.6 Å². The monoisotopic (exact) mass is 1000 g/mol. The highest BCUT2D eigenvalue weighted by atomic mass is 16.4. The zero-order valence-electron chi connectivity index (χ0n) is 42.8. The molecule has 0 unspecified atom stereocenters. The van der Waals surface area contributed by atoms with E-state index in [-0.39, 0.29) is 31.6 Å². The van der Waals surface area contributed by atoms with E-state index in [1.54, 1.807) is 71.1 Å². The first-order valence-electron chi connectivity index (χ1n) is 24.7. The van der Waals surface area contributed by atoms with Crippen LogP contribution < -0.4 is 54.0 Å². The van der Waals surface area contributed by atoms with Gasteiger partial charge in [-0.1, -0.05) is 96.5 Å². The van der Waals surface area contributed by atoms with E-state index in [4.69, 9.17) is 11.5 Å². The van der Waals surface area contributed by atoms with Crippen LogP contribution in [0.4, 0.5) is 0 Å². The number of unbranched alkanes of at least 4 members (excludes halogenated alkanes) is 1. The van der Waals surface area contributed by atoms with Gasteiger partial charge in [-0.25, -0.2) is 4.79 Å². The van der Waals surface area contributed by atoms with Crippen molar-refractivity contribution in [3.8, 4) is 0 Å². The predicted octanol–water partition coefficient (Wildman–Crippen LogP) is 0.792. The van der Waals surface area contributed by atoms with Gasteiger partial charge in [0.1, 0.15) is 42.3 Å². The largest absolute Gasteiger partial charge is 0.480 e.